The van der Waals surface area contributed by atoms with Gasteiger partial charge in [0.15, 0.2) is 0 Å². The number of aryl methyl sites for hydroxylation is 1. The molecule has 0 unspecified atom stereocenters. The second-order valence-corrected chi connectivity index (χ2v) is 10.4. The topological polar surface area (TPSA) is 66.8 Å². The van der Waals surface area contributed by atoms with Crippen molar-refractivity contribution in [2.45, 2.75) is 37.3 Å². The van der Waals surface area contributed by atoms with E-state index in [4.69, 9.17) is 4.74 Å². The van der Waals surface area contributed by atoms with Gasteiger partial charge in [-0.15, -0.1) is 0 Å². The molecule has 1 aliphatic heterocycles. The normalized spacial score (nSPS) is 17.2. The van der Waals surface area contributed by atoms with Crippen LogP contribution >= 0.6 is 0 Å². The Morgan fingerprint density at radius 3 is 1.73 bits per heavy atom. The van der Waals surface area contributed by atoms with Crippen LogP contribution in [0.3, 0.4) is 0 Å². The van der Waals surface area contributed by atoms with Crippen LogP contribution in [-0.2, 0) is 26.3 Å². The highest BCUT2D eigenvalue weighted by Crippen LogP contribution is 2.41. The molecule has 0 aromatic heterocycles. The van der Waals surface area contributed by atoms with E-state index in [1.54, 1.807) is 0 Å². The lowest BCUT2D eigenvalue weighted by molar-refractivity contribution is -0.142. The smallest absolute Gasteiger partial charge is 0.304 e. The molecule has 204 valence electrons. The van der Waals surface area contributed by atoms with Crippen molar-refractivity contribution in [1.29, 1.82) is 0 Å². The summed E-state index contributed by atoms with van der Waals surface area (Å²) >= 11 is 0. The molecule has 1 saturated heterocycles. The molecule has 40 heavy (non-hydrogen) atoms. The molecule has 0 saturated carbocycles. The number of ether oxygens (including phenoxy) is 1. The molecule has 0 spiro atoms. The van der Waals surface area contributed by atoms with Gasteiger partial charge >= 0.3 is 5.97 Å². The van der Waals surface area contributed by atoms with Gasteiger partial charge < -0.3 is 14.7 Å². The Balaban J connectivity index is 1.46. The average molecular weight is 534 g/mol. The Bertz CT molecular complexity index is 1280. The highest BCUT2D eigenvalue weighted by Gasteiger charge is 2.43. The number of nitrogens with zero attached hydrogens (tertiary/aromatic N) is 1. The summed E-state index contributed by atoms with van der Waals surface area (Å²) in [5.41, 5.74) is 3.31. The Morgan fingerprint density at radius 1 is 0.775 bits per heavy atom. The number of benzene rings is 4. The Labute approximate surface area is 236 Å². The molecule has 0 aliphatic carbocycles. The molecule has 1 fully saturated rings. The lowest BCUT2D eigenvalue weighted by atomic mass is 9.80. The number of carboxylic acid groups (broad SMARTS) is 1. The molecule has 0 bridgehead atoms. The molecule has 4 aromatic carbocycles. The summed E-state index contributed by atoms with van der Waals surface area (Å²) in [6, 6.07) is 40.5. The molecule has 4 aromatic rings. The first kappa shape index (κ1) is 27.4. The van der Waals surface area contributed by atoms with Crippen LogP contribution in [0.25, 0.3) is 0 Å². The second kappa shape index (κ2) is 12.8. The number of likely N-dealkylation sites (tertiary alicyclic amines) is 1. The molecule has 5 rings (SSSR count). The summed E-state index contributed by atoms with van der Waals surface area (Å²) in [5, 5.41) is 9.49. The minimum atomic E-state index is -0.948. The van der Waals surface area contributed by atoms with Crippen LogP contribution < -0.4 is 0 Å². The maximum atomic E-state index is 13.4. The Kier molecular flexibility index (Phi) is 8.72. The van der Waals surface area contributed by atoms with Crippen LogP contribution in [0.1, 0.15) is 41.5 Å². The predicted molar refractivity (Wildman–Crippen MR) is 156 cm³/mol. The summed E-state index contributed by atoms with van der Waals surface area (Å²) in [5.74, 6) is -1.58. The number of rotatable bonds is 12. The van der Waals surface area contributed by atoms with E-state index in [2.05, 4.69) is 48.5 Å². The standard InChI is InChI=1S/C35H35NO4/c37-33(38)25-28-24-32(36(34(28)39)23-13-16-27-14-5-1-6-15-27)26-40-35(29-17-7-2-8-18-29,30-19-9-3-10-20-30)31-21-11-4-12-22-31/h1-12,14-15,17-22,28,32H,13,16,23-26H2,(H,37,38)/t28-,32-/m0/s1. The Hall–Kier alpha value is -4.22. The van der Waals surface area contributed by atoms with Crippen LogP contribution in [0.15, 0.2) is 121 Å². The molecular weight excluding hydrogens is 498 g/mol. The van der Waals surface area contributed by atoms with E-state index in [1.165, 1.54) is 5.56 Å². The molecule has 2 atom stereocenters. The van der Waals surface area contributed by atoms with Crippen LogP contribution in [0, 0.1) is 5.92 Å². The monoisotopic (exact) mass is 533 g/mol. The molecular formula is C35H35NO4. The number of hydrogen-bond donors (Lipinski definition) is 1. The van der Waals surface area contributed by atoms with Crippen molar-refractivity contribution in [3.8, 4) is 0 Å². The Morgan fingerprint density at radius 2 is 1.25 bits per heavy atom. The van der Waals surface area contributed by atoms with Gasteiger partial charge in [0.2, 0.25) is 5.91 Å². The van der Waals surface area contributed by atoms with Crippen molar-refractivity contribution < 1.29 is 19.4 Å². The van der Waals surface area contributed by atoms with Gasteiger partial charge in [0.1, 0.15) is 5.60 Å². The number of carboxylic acids is 1. The molecule has 1 N–H and O–H groups in total. The summed E-state index contributed by atoms with van der Waals surface area (Å²) in [4.78, 5) is 26.9. The van der Waals surface area contributed by atoms with Crippen molar-refractivity contribution in [2.24, 2.45) is 5.92 Å². The summed E-state index contributed by atoms with van der Waals surface area (Å²) in [7, 11) is 0. The lowest BCUT2D eigenvalue weighted by Crippen LogP contribution is -2.41. The zero-order valence-corrected chi connectivity index (χ0v) is 22.6. The maximum absolute atomic E-state index is 13.4. The van der Waals surface area contributed by atoms with Crippen LogP contribution in [-0.4, -0.2) is 41.1 Å². The number of hydrogen-bond acceptors (Lipinski definition) is 3. The van der Waals surface area contributed by atoms with Gasteiger partial charge in [-0.2, -0.15) is 0 Å². The predicted octanol–water partition coefficient (Wildman–Crippen LogP) is 6.32. The van der Waals surface area contributed by atoms with E-state index in [0.717, 1.165) is 29.5 Å². The number of amides is 1. The minimum Gasteiger partial charge on any atom is -0.481 e. The fourth-order valence-electron chi connectivity index (χ4n) is 5.89. The largest absolute Gasteiger partial charge is 0.481 e. The van der Waals surface area contributed by atoms with Gasteiger partial charge in [-0.05, 0) is 41.5 Å². The first-order valence-corrected chi connectivity index (χ1v) is 13.9. The van der Waals surface area contributed by atoms with Crippen molar-refractivity contribution in [1.82, 2.24) is 4.90 Å². The van der Waals surface area contributed by atoms with Crippen LogP contribution in [0.2, 0.25) is 0 Å². The quantitative estimate of drug-likeness (QED) is 0.217. The first-order chi connectivity index (χ1) is 19.6. The van der Waals surface area contributed by atoms with Gasteiger partial charge in [0, 0.05) is 6.54 Å². The van der Waals surface area contributed by atoms with E-state index >= 15 is 0 Å². The number of carbonyl (C=O) groups is 2. The minimum absolute atomic E-state index is 0.0891. The number of aliphatic carboxylic acids is 1. The zero-order valence-electron chi connectivity index (χ0n) is 22.6. The molecule has 1 heterocycles. The summed E-state index contributed by atoms with van der Waals surface area (Å²) in [6.45, 7) is 0.846. The SMILES string of the molecule is O=C(O)C[C@@H]1C[C@@H](COC(c2ccccc2)(c2ccccc2)c2ccccc2)N(CCCc2ccccc2)C1=O. The third-order valence-electron chi connectivity index (χ3n) is 7.79. The fraction of sp³-hybridized carbons (Fsp3) is 0.257. The summed E-state index contributed by atoms with van der Waals surface area (Å²) in [6.07, 6.45) is 1.95. The maximum Gasteiger partial charge on any atom is 0.304 e. The van der Waals surface area contributed by atoms with Gasteiger partial charge in [0.05, 0.1) is 25.0 Å². The molecule has 5 heteroatoms. The van der Waals surface area contributed by atoms with Gasteiger partial charge in [-0.1, -0.05) is 121 Å². The average Bonchev–Trinajstić information content (AvgIpc) is 3.28. The van der Waals surface area contributed by atoms with Crippen LogP contribution in [0.5, 0.6) is 0 Å². The highest BCUT2D eigenvalue weighted by atomic mass is 16.5. The molecule has 0 radical (unpaired) electrons. The molecule has 5 nitrogen and oxygen atoms in total. The fourth-order valence-corrected chi connectivity index (χ4v) is 5.89. The lowest BCUT2D eigenvalue weighted by Gasteiger charge is -2.38. The zero-order chi connectivity index (χ0) is 27.8. The first-order valence-electron chi connectivity index (χ1n) is 13.9. The van der Waals surface area contributed by atoms with Crippen molar-refractivity contribution in [3.63, 3.8) is 0 Å². The van der Waals surface area contributed by atoms with E-state index < -0.39 is 17.5 Å². The van der Waals surface area contributed by atoms with E-state index in [-0.39, 0.29) is 25.0 Å². The second-order valence-electron chi connectivity index (χ2n) is 10.4. The molecule has 1 aliphatic rings. The van der Waals surface area contributed by atoms with Crippen molar-refractivity contribution in [2.75, 3.05) is 13.2 Å². The van der Waals surface area contributed by atoms with E-state index in [0.29, 0.717) is 13.0 Å². The summed E-state index contributed by atoms with van der Waals surface area (Å²) < 4.78 is 7.03. The van der Waals surface area contributed by atoms with Crippen molar-refractivity contribution >= 4 is 11.9 Å². The van der Waals surface area contributed by atoms with E-state index in [9.17, 15) is 14.7 Å². The van der Waals surface area contributed by atoms with E-state index in [1.807, 2.05) is 77.7 Å². The van der Waals surface area contributed by atoms with Crippen LogP contribution in [0.4, 0.5) is 0 Å². The third kappa shape index (κ3) is 6.00. The number of carbonyl (C=O) groups excluding carboxylic acids is 1. The third-order valence-corrected chi connectivity index (χ3v) is 7.79. The van der Waals surface area contributed by atoms with Gasteiger partial charge in [0.25, 0.3) is 0 Å². The van der Waals surface area contributed by atoms with Crippen molar-refractivity contribution in [3.05, 3.63) is 144 Å². The highest BCUT2D eigenvalue weighted by molar-refractivity contribution is 5.85. The molecule has 1 amide bonds. The van der Waals surface area contributed by atoms with Gasteiger partial charge in [-0.3, -0.25) is 9.59 Å². The van der Waals surface area contributed by atoms with Gasteiger partial charge in [-0.25, -0.2) is 0 Å².